The summed E-state index contributed by atoms with van der Waals surface area (Å²) in [6, 6.07) is 7.80. The van der Waals surface area contributed by atoms with Gasteiger partial charge in [0.2, 0.25) is 0 Å². The first-order valence-electron chi connectivity index (χ1n) is 4.42. The fourth-order valence-electron chi connectivity index (χ4n) is 1.32. The van der Waals surface area contributed by atoms with E-state index in [1.54, 1.807) is 6.20 Å². The van der Waals surface area contributed by atoms with E-state index < -0.39 is 0 Å². The summed E-state index contributed by atoms with van der Waals surface area (Å²) >= 11 is 0. The van der Waals surface area contributed by atoms with Gasteiger partial charge in [0.1, 0.15) is 0 Å². The van der Waals surface area contributed by atoms with Crippen LogP contribution in [0.2, 0.25) is 0 Å². The number of nitrogens with one attached hydrogen (secondary N) is 1. The molecule has 3 heteroatoms. The minimum Gasteiger partial charge on any atom is -0.346 e. The Morgan fingerprint density at radius 1 is 1.21 bits per heavy atom. The molecule has 0 radical (unpaired) electrons. The number of aryl methyl sites for hydroxylation is 1. The maximum Gasteiger partial charge on any atom is 0.152 e. The van der Waals surface area contributed by atoms with Gasteiger partial charge in [-0.3, -0.25) is 0 Å². The van der Waals surface area contributed by atoms with Crippen LogP contribution in [0.1, 0.15) is 5.69 Å². The molecule has 0 saturated carbocycles. The highest BCUT2D eigenvalue weighted by atomic mass is 15.0. The van der Waals surface area contributed by atoms with E-state index in [4.69, 9.17) is 0 Å². The zero-order valence-electron chi connectivity index (χ0n) is 7.99. The molecule has 0 atom stereocenters. The molecule has 2 rings (SSSR count). The first kappa shape index (κ1) is 8.69. The fraction of sp³-hybridized carbons (Fsp3) is 0.0909. The van der Waals surface area contributed by atoms with Crippen LogP contribution in [-0.2, 0) is 0 Å². The number of nitrogens with zero attached hydrogens (tertiary/aromatic N) is 2. The van der Waals surface area contributed by atoms with Gasteiger partial charge in [-0.15, -0.1) is 0 Å². The van der Waals surface area contributed by atoms with E-state index in [-0.39, 0.29) is 0 Å². The molecule has 0 bridgehead atoms. The van der Waals surface area contributed by atoms with E-state index in [9.17, 15) is 0 Å². The van der Waals surface area contributed by atoms with Gasteiger partial charge in [-0.1, -0.05) is 18.7 Å². The number of rotatable bonds is 2. The van der Waals surface area contributed by atoms with Crippen molar-refractivity contribution in [2.45, 2.75) is 6.92 Å². The van der Waals surface area contributed by atoms with Crippen LogP contribution in [0, 0.1) is 6.92 Å². The predicted molar refractivity (Wildman–Crippen MR) is 58.1 cm³/mol. The van der Waals surface area contributed by atoms with Gasteiger partial charge >= 0.3 is 0 Å². The highest BCUT2D eigenvalue weighted by Gasteiger charge is 2.01. The van der Waals surface area contributed by atoms with E-state index >= 15 is 0 Å². The molecule has 0 aliphatic rings. The van der Waals surface area contributed by atoms with Gasteiger partial charge in [0.15, 0.2) is 5.82 Å². The molecule has 2 aromatic rings. The summed E-state index contributed by atoms with van der Waals surface area (Å²) in [5, 5.41) is 2.96. The first-order valence-corrected chi connectivity index (χ1v) is 4.42. The minimum absolute atomic E-state index is 0.763. The molecule has 1 heterocycles. The third-order valence-corrected chi connectivity index (χ3v) is 1.98. The van der Waals surface area contributed by atoms with E-state index in [0.29, 0.717) is 0 Å². The normalized spacial score (nSPS) is 10.1. The molecule has 1 aromatic carbocycles. The lowest BCUT2D eigenvalue weighted by Gasteiger charge is -2.04. The van der Waals surface area contributed by atoms with Crippen LogP contribution in [0.25, 0.3) is 11.0 Å². The molecule has 1 aromatic heterocycles. The lowest BCUT2D eigenvalue weighted by molar-refractivity contribution is 1.18. The number of benzene rings is 1. The van der Waals surface area contributed by atoms with Gasteiger partial charge in [-0.05, 0) is 25.3 Å². The maximum absolute atomic E-state index is 4.42. The summed E-state index contributed by atoms with van der Waals surface area (Å²) in [5.41, 5.74) is 2.69. The van der Waals surface area contributed by atoms with Crippen molar-refractivity contribution >= 4 is 16.9 Å². The maximum atomic E-state index is 4.42. The Labute approximate surface area is 82.5 Å². The summed E-state index contributed by atoms with van der Waals surface area (Å²) in [7, 11) is 0. The number of hydrogen-bond donors (Lipinski definition) is 1. The summed E-state index contributed by atoms with van der Waals surface area (Å²) in [5.74, 6) is 0.763. The van der Waals surface area contributed by atoms with Crippen molar-refractivity contribution in [2.75, 3.05) is 5.32 Å². The number of aromatic nitrogens is 2. The summed E-state index contributed by atoms with van der Waals surface area (Å²) in [6.45, 7) is 5.52. The average Bonchev–Trinajstić information content (AvgIpc) is 2.19. The standard InChI is InChI=1S/C11H11N3/c1-3-12-11-8(2)13-9-6-4-5-7-10(9)14-11/h3-7H,1H2,2H3,(H,12,14). The Morgan fingerprint density at radius 2 is 1.86 bits per heavy atom. The van der Waals surface area contributed by atoms with Crippen molar-refractivity contribution in [1.82, 2.24) is 9.97 Å². The highest BCUT2D eigenvalue weighted by Crippen LogP contribution is 2.15. The molecular weight excluding hydrogens is 174 g/mol. The van der Waals surface area contributed by atoms with Crippen LogP contribution in [-0.4, -0.2) is 9.97 Å². The van der Waals surface area contributed by atoms with Crippen LogP contribution < -0.4 is 5.32 Å². The molecule has 3 nitrogen and oxygen atoms in total. The van der Waals surface area contributed by atoms with Gasteiger partial charge in [-0.2, -0.15) is 0 Å². The molecule has 0 saturated heterocycles. The Morgan fingerprint density at radius 3 is 2.50 bits per heavy atom. The van der Waals surface area contributed by atoms with Gasteiger partial charge in [0.25, 0.3) is 0 Å². The zero-order valence-corrected chi connectivity index (χ0v) is 7.99. The Bertz CT molecular complexity index is 477. The zero-order chi connectivity index (χ0) is 9.97. The molecule has 0 fully saturated rings. The second-order valence-electron chi connectivity index (χ2n) is 2.99. The van der Waals surface area contributed by atoms with E-state index in [2.05, 4.69) is 21.9 Å². The van der Waals surface area contributed by atoms with E-state index in [1.807, 2.05) is 31.2 Å². The number of fused-ring (bicyclic) bond motifs is 1. The van der Waals surface area contributed by atoms with Crippen LogP contribution in [0.5, 0.6) is 0 Å². The van der Waals surface area contributed by atoms with E-state index in [0.717, 1.165) is 22.5 Å². The molecule has 1 N–H and O–H groups in total. The van der Waals surface area contributed by atoms with Crippen LogP contribution in [0.3, 0.4) is 0 Å². The molecule has 0 aliphatic carbocycles. The topological polar surface area (TPSA) is 37.8 Å². The van der Waals surface area contributed by atoms with Crippen molar-refractivity contribution in [3.05, 3.63) is 42.7 Å². The van der Waals surface area contributed by atoms with Crippen molar-refractivity contribution in [3.63, 3.8) is 0 Å². The lowest BCUT2D eigenvalue weighted by Crippen LogP contribution is -1.97. The SMILES string of the molecule is C=CNc1nc2ccccc2nc1C. The van der Waals surface area contributed by atoms with Crippen LogP contribution >= 0.6 is 0 Å². The highest BCUT2D eigenvalue weighted by molar-refractivity contribution is 5.76. The second kappa shape index (κ2) is 3.46. The Hall–Kier alpha value is -1.90. The van der Waals surface area contributed by atoms with Crippen molar-refractivity contribution < 1.29 is 0 Å². The quantitative estimate of drug-likeness (QED) is 0.781. The molecule has 0 unspecified atom stereocenters. The molecule has 0 spiro atoms. The largest absolute Gasteiger partial charge is 0.346 e. The van der Waals surface area contributed by atoms with E-state index in [1.165, 1.54) is 0 Å². The molecule has 0 aliphatic heterocycles. The Balaban J connectivity index is 2.64. The average molecular weight is 185 g/mol. The number of hydrogen-bond acceptors (Lipinski definition) is 3. The molecular formula is C11H11N3. The molecule has 0 amide bonds. The smallest absolute Gasteiger partial charge is 0.152 e. The predicted octanol–water partition coefficient (Wildman–Crippen LogP) is 2.49. The molecule has 14 heavy (non-hydrogen) atoms. The second-order valence-corrected chi connectivity index (χ2v) is 2.99. The van der Waals surface area contributed by atoms with Gasteiger partial charge < -0.3 is 5.32 Å². The van der Waals surface area contributed by atoms with Crippen molar-refractivity contribution in [3.8, 4) is 0 Å². The van der Waals surface area contributed by atoms with Gasteiger partial charge in [0.05, 0.1) is 16.7 Å². The Kier molecular flexibility index (Phi) is 2.14. The lowest BCUT2D eigenvalue weighted by atomic mass is 10.3. The van der Waals surface area contributed by atoms with Crippen molar-refractivity contribution in [2.24, 2.45) is 0 Å². The number of para-hydroxylation sites is 2. The first-order chi connectivity index (χ1) is 6.81. The third-order valence-electron chi connectivity index (χ3n) is 1.98. The fourth-order valence-corrected chi connectivity index (χ4v) is 1.32. The third kappa shape index (κ3) is 1.44. The van der Waals surface area contributed by atoms with Gasteiger partial charge in [-0.25, -0.2) is 9.97 Å². The summed E-state index contributed by atoms with van der Waals surface area (Å²) in [4.78, 5) is 8.84. The van der Waals surface area contributed by atoms with Crippen molar-refractivity contribution in [1.29, 1.82) is 0 Å². The minimum atomic E-state index is 0.763. The van der Waals surface area contributed by atoms with Crippen LogP contribution in [0.4, 0.5) is 5.82 Å². The monoisotopic (exact) mass is 185 g/mol. The van der Waals surface area contributed by atoms with Gasteiger partial charge in [0, 0.05) is 0 Å². The summed E-state index contributed by atoms with van der Waals surface area (Å²) < 4.78 is 0. The molecule has 70 valence electrons. The van der Waals surface area contributed by atoms with Crippen LogP contribution in [0.15, 0.2) is 37.0 Å². The summed E-state index contributed by atoms with van der Waals surface area (Å²) in [6.07, 6.45) is 1.60. The number of anilines is 1.